The second kappa shape index (κ2) is 7.89. The monoisotopic (exact) mass is 442 g/mol. The SMILES string of the molecule is CC(C)C1C=CC2=C(Cc3ccccc3S2(S)c2ccc(-c3ccccc3)cc2)C1=O. The molecule has 0 N–H and O–H groups in total. The standard InChI is InChI=1S/C28H26OS2/c1-19(2)24-16-17-27-25(28(24)29)18-22-10-6-7-11-26(22)31(27,30)23-14-12-21(13-15-23)20-8-4-3-5-9-20/h3-17,19,24,30H,18H2,1-2H3. The molecule has 3 aromatic rings. The summed E-state index contributed by atoms with van der Waals surface area (Å²) in [5.74, 6) is 0.528. The summed E-state index contributed by atoms with van der Waals surface area (Å²) in [5, 5.41) is 0. The molecular formula is C28H26OS2. The van der Waals surface area contributed by atoms with Crippen molar-refractivity contribution in [2.24, 2.45) is 11.8 Å². The van der Waals surface area contributed by atoms with Crippen molar-refractivity contribution in [2.75, 3.05) is 0 Å². The van der Waals surface area contributed by atoms with E-state index in [2.05, 4.69) is 98.8 Å². The molecule has 31 heavy (non-hydrogen) atoms. The van der Waals surface area contributed by atoms with Gasteiger partial charge >= 0.3 is 0 Å². The van der Waals surface area contributed by atoms with Gasteiger partial charge in [-0.25, -0.2) is 0 Å². The Labute approximate surface area is 191 Å². The average Bonchev–Trinajstić information content (AvgIpc) is 2.80. The van der Waals surface area contributed by atoms with Crippen LogP contribution in [0.25, 0.3) is 11.1 Å². The smallest absolute Gasteiger partial charge is 0.167 e. The van der Waals surface area contributed by atoms with Crippen molar-refractivity contribution in [2.45, 2.75) is 30.1 Å². The Bertz CT molecular complexity index is 1210. The van der Waals surface area contributed by atoms with E-state index in [0.717, 1.165) is 10.5 Å². The van der Waals surface area contributed by atoms with Gasteiger partial charge < -0.3 is 0 Å². The van der Waals surface area contributed by atoms with E-state index in [1.54, 1.807) is 0 Å². The molecule has 0 saturated carbocycles. The highest BCUT2D eigenvalue weighted by Gasteiger charge is 2.41. The number of rotatable bonds is 3. The Hall–Kier alpha value is -2.49. The molecule has 3 heteroatoms. The van der Waals surface area contributed by atoms with Crippen LogP contribution in [0, 0.1) is 11.8 Å². The third-order valence-electron chi connectivity index (χ3n) is 6.35. The maximum atomic E-state index is 13.4. The van der Waals surface area contributed by atoms with Gasteiger partial charge in [0.05, 0.1) is 0 Å². The highest BCUT2D eigenvalue weighted by atomic mass is 33.1. The van der Waals surface area contributed by atoms with Crippen LogP contribution in [0.4, 0.5) is 0 Å². The van der Waals surface area contributed by atoms with Crippen molar-refractivity contribution in [1.82, 2.24) is 0 Å². The summed E-state index contributed by atoms with van der Waals surface area (Å²) in [7, 11) is -1.79. The number of hydrogen-bond donors (Lipinski definition) is 1. The molecule has 2 atom stereocenters. The van der Waals surface area contributed by atoms with Crippen LogP contribution in [0.3, 0.4) is 0 Å². The van der Waals surface area contributed by atoms with Gasteiger partial charge in [-0.3, -0.25) is 4.79 Å². The third kappa shape index (κ3) is 3.31. The van der Waals surface area contributed by atoms with Crippen LogP contribution in [0.5, 0.6) is 0 Å². The third-order valence-corrected chi connectivity index (χ3v) is 11.2. The highest BCUT2D eigenvalue weighted by molar-refractivity contribution is 8.89. The Morgan fingerprint density at radius 2 is 1.52 bits per heavy atom. The number of carbonyl (C=O) groups is 1. The molecular weight excluding hydrogens is 416 g/mol. The van der Waals surface area contributed by atoms with Gasteiger partial charge in [-0.15, -0.1) is 20.7 Å². The number of fused-ring (bicyclic) bond motifs is 1. The van der Waals surface area contributed by atoms with Crippen LogP contribution in [0.2, 0.25) is 0 Å². The molecule has 0 spiro atoms. The zero-order valence-electron chi connectivity index (χ0n) is 17.8. The molecule has 0 amide bonds. The first kappa shape index (κ1) is 20.4. The van der Waals surface area contributed by atoms with Crippen LogP contribution in [0.1, 0.15) is 19.4 Å². The van der Waals surface area contributed by atoms with Crippen molar-refractivity contribution in [3.8, 4) is 11.1 Å². The maximum Gasteiger partial charge on any atom is 0.167 e. The second-order valence-corrected chi connectivity index (χ2v) is 12.7. The van der Waals surface area contributed by atoms with E-state index in [1.807, 2.05) is 6.07 Å². The second-order valence-electron chi connectivity index (χ2n) is 8.59. The summed E-state index contributed by atoms with van der Waals surface area (Å²) in [6.45, 7) is 4.25. The van der Waals surface area contributed by atoms with Gasteiger partial charge in [0, 0.05) is 32.6 Å². The van der Waals surface area contributed by atoms with Gasteiger partial charge in [0.15, 0.2) is 5.78 Å². The molecule has 0 bridgehead atoms. The van der Waals surface area contributed by atoms with Crippen molar-refractivity contribution in [3.05, 3.63) is 107 Å². The lowest BCUT2D eigenvalue weighted by molar-refractivity contribution is -0.119. The molecule has 1 aliphatic carbocycles. The molecule has 2 aliphatic rings. The number of ketones is 1. The van der Waals surface area contributed by atoms with E-state index in [1.165, 1.54) is 26.5 Å². The number of thiol groups is 1. The first-order chi connectivity index (χ1) is 15.0. The zero-order chi connectivity index (χ0) is 21.6. The van der Waals surface area contributed by atoms with E-state index < -0.39 is 9.06 Å². The minimum absolute atomic E-state index is 0.0403. The molecule has 1 heterocycles. The summed E-state index contributed by atoms with van der Waals surface area (Å²) in [6.07, 6.45) is 5.01. The van der Waals surface area contributed by atoms with Crippen LogP contribution < -0.4 is 0 Å². The van der Waals surface area contributed by atoms with Crippen LogP contribution in [0.15, 0.2) is 111 Å². The van der Waals surface area contributed by atoms with Crippen LogP contribution >= 0.6 is 20.7 Å². The molecule has 0 radical (unpaired) electrons. The fraction of sp³-hybridized carbons (Fsp3) is 0.179. The zero-order valence-corrected chi connectivity index (χ0v) is 19.5. The maximum absolute atomic E-state index is 13.4. The Morgan fingerprint density at radius 1 is 0.871 bits per heavy atom. The average molecular weight is 443 g/mol. The Balaban J connectivity index is 1.66. The molecule has 1 nitrogen and oxygen atoms in total. The molecule has 0 aromatic heterocycles. The summed E-state index contributed by atoms with van der Waals surface area (Å²) in [4.78, 5) is 17.0. The lowest BCUT2D eigenvalue weighted by Crippen LogP contribution is -2.27. The van der Waals surface area contributed by atoms with Gasteiger partial charge in [0.25, 0.3) is 0 Å². The fourth-order valence-corrected chi connectivity index (χ4v) is 8.94. The largest absolute Gasteiger partial charge is 0.294 e. The van der Waals surface area contributed by atoms with Gasteiger partial charge in [0.2, 0.25) is 0 Å². The first-order valence-electron chi connectivity index (χ1n) is 10.7. The number of Topliss-reactive ketones (excluding diaryl/α,β-unsaturated/α-hetero) is 1. The predicted molar refractivity (Wildman–Crippen MR) is 135 cm³/mol. The number of allylic oxidation sites excluding steroid dienone is 3. The Morgan fingerprint density at radius 3 is 2.23 bits per heavy atom. The van der Waals surface area contributed by atoms with Gasteiger partial charge in [0.1, 0.15) is 0 Å². The molecule has 3 aromatic carbocycles. The molecule has 5 rings (SSSR count). The molecule has 156 valence electrons. The summed E-state index contributed by atoms with van der Waals surface area (Å²) < 4.78 is 0. The highest BCUT2D eigenvalue weighted by Crippen LogP contribution is 2.75. The van der Waals surface area contributed by atoms with Crippen LogP contribution in [-0.2, 0) is 11.2 Å². The summed E-state index contributed by atoms with van der Waals surface area (Å²) >= 11 is 5.41. The van der Waals surface area contributed by atoms with Crippen LogP contribution in [-0.4, -0.2) is 5.78 Å². The van der Waals surface area contributed by atoms with Crippen molar-refractivity contribution >= 4 is 26.5 Å². The minimum Gasteiger partial charge on any atom is -0.294 e. The first-order valence-corrected chi connectivity index (χ1v) is 13.4. The minimum atomic E-state index is -1.79. The topological polar surface area (TPSA) is 17.1 Å². The number of carbonyl (C=O) groups excluding carboxylic acids is 1. The van der Waals surface area contributed by atoms with E-state index in [9.17, 15) is 4.79 Å². The van der Waals surface area contributed by atoms with Gasteiger partial charge in [-0.1, -0.05) is 86.7 Å². The summed E-state index contributed by atoms with van der Waals surface area (Å²) in [5.41, 5.74) is 4.57. The van der Waals surface area contributed by atoms with E-state index >= 15 is 0 Å². The Kier molecular flexibility index (Phi) is 5.19. The number of benzene rings is 3. The molecule has 0 saturated heterocycles. The number of hydrogen-bond acceptors (Lipinski definition) is 2. The van der Waals surface area contributed by atoms with E-state index in [0.29, 0.717) is 12.3 Å². The van der Waals surface area contributed by atoms with Crippen molar-refractivity contribution < 1.29 is 4.79 Å². The molecule has 0 fully saturated rings. The lowest BCUT2D eigenvalue weighted by atomic mass is 9.82. The predicted octanol–water partition coefficient (Wildman–Crippen LogP) is 7.64. The fourth-order valence-electron chi connectivity index (χ4n) is 4.65. The van der Waals surface area contributed by atoms with Crippen molar-refractivity contribution in [3.63, 3.8) is 0 Å². The van der Waals surface area contributed by atoms with E-state index in [4.69, 9.17) is 11.7 Å². The summed E-state index contributed by atoms with van der Waals surface area (Å²) in [6, 6.07) is 27.7. The quantitative estimate of drug-likeness (QED) is 0.326. The van der Waals surface area contributed by atoms with Gasteiger partial charge in [-0.2, -0.15) is 0 Å². The normalized spacial score (nSPS) is 24.5. The molecule has 1 aliphatic heterocycles. The lowest BCUT2D eigenvalue weighted by Gasteiger charge is -2.44. The van der Waals surface area contributed by atoms with Gasteiger partial charge in [-0.05, 0) is 40.8 Å². The van der Waals surface area contributed by atoms with Crippen molar-refractivity contribution in [1.29, 1.82) is 0 Å². The molecule has 2 unspecified atom stereocenters. The van der Waals surface area contributed by atoms with E-state index in [-0.39, 0.29) is 11.7 Å².